The summed E-state index contributed by atoms with van der Waals surface area (Å²) in [5, 5.41) is 0. The van der Waals surface area contributed by atoms with Crippen LogP contribution in [0.25, 0.3) is 0 Å². The molecule has 0 aliphatic carbocycles. The smallest absolute Gasteiger partial charge is 0.310 e. The van der Waals surface area contributed by atoms with E-state index in [1.165, 1.54) is 7.11 Å². The van der Waals surface area contributed by atoms with E-state index in [-0.39, 0.29) is 24.2 Å². The molecule has 1 aliphatic rings. The molecular weight excluding hydrogens is 258 g/mol. The zero-order valence-corrected chi connectivity index (χ0v) is 11.6. The van der Waals surface area contributed by atoms with E-state index in [0.717, 1.165) is 5.56 Å². The fourth-order valence-electron chi connectivity index (χ4n) is 2.25. The van der Waals surface area contributed by atoms with Crippen LogP contribution in [0.2, 0.25) is 0 Å². The standard InChI is InChI=1S/C15H19NO4/c1-19-15(18)13-9-14(17)16(10-13)7-8-20-11-12-5-3-2-4-6-12/h2-6,13H,7-11H2,1H3. The Hall–Kier alpha value is -1.88. The number of carbonyl (C=O) groups is 2. The summed E-state index contributed by atoms with van der Waals surface area (Å²) < 4.78 is 10.2. The predicted molar refractivity (Wildman–Crippen MR) is 72.8 cm³/mol. The van der Waals surface area contributed by atoms with E-state index in [2.05, 4.69) is 4.74 Å². The number of likely N-dealkylation sites (tertiary alicyclic amines) is 1. The quantitative estimate of drug-likeness (QED) is 0.579. The minimum absolute atomic E-state index is 0.0105. The third kappa shape index (κ3) is 3.81. The molecule has 1 atom stereocenters. The van der Waals surface area contributed by atoms with E-state index in [1.807, 2.05) is 30.3 Å². The molecule has 1 aromatic carbocycles. The molecule has 1 fully saturated rings. The molecule has 0 N–H and O–H groups in total. The first-order chi connectivity index (χ1) is 9.70. The molecule has 5 heteroatoms. The van der Waals surface area contributed by atoms with Gasteiger partial charge in [0.05, 0.1) is 26.2 Å². The summed E-state index contributed by atoms with van der Waals surface area (Å²) in [7, 11) is 1.35. The normalized spacial score (nSPS) is 18.4. The Bertz CT molecular complexity index is 460. The summed E-state index contributed by atoms with van der Waals surface area (Å²) in [5.74, 6) is -0.656. The maximum absolute atomic E-state index is 11.7. The molecule has 5 nitrogen and oxygen atoms in total. The Morgan fingerprint density at radius 2 is 2.10 bits per heavy atom. The van der Waals surface area contributed by atoms with Gasteiger partial charge in [-0.2, -0.15) is 0 Å². The second-order valence-electron chi connectivity index (χ2n) is 4.80. The van der Waals surface area contributed by atoms with Crippen molar-refractivity contribution in [3.8, 4) is 0 Å². The lowest BCUT2D eigenvalue weighted by Gasteiger charge is -2.16. The van der Waals surface area contributed by atoms with Crippen LogP contribution < -0.4 is 0 Å². The van der Waals surface area contributed by atoms with E-state index in [0.29, 0.717) is 26.3 Å². The van der Waals surface area contributed by atoms with Crippen LogP contribution in [0.1, 0.15) is 12.0 Å². The summed E-state index contributed by atoms with van der Waals surface area (Å²) in [4.78, 5) is 24.8. The van der Waals surface area contributed by atoms with Gasteiger partial charge in [-0.05, 0) is 5.56 Å². The fraction of sp³-hybridized carbons (Fsp3) is 0.467. The molecule has 1 aliphatic heterocycles. The third-order valence-corrected chi connectivity index (χ3v) is 3.37. The number of benzene rings is 1. The highest BCUT2D eigenvalue weighted by molar-refractivity contribution is 5.86. The summed E-state index contributed by atoms with van der Waals surface area (Å²) >= 11 is 0. The Kier molecular flexibility index (Phi) is 5.12. The largest absolute Gasteiger partial charge is 0.469 e. The molecule has 1 aromatic rings. The second kappa shape index (κ2) is 7.05. The Balaban J connectivity index is 1.69. The Labute approximate surface area is 118 Å². The van der Waals surface area contributed by atoms with Crippen LogP contribution in [0, 0.1) is 5.92 Å². The van der Waals surface area contributed by atoms with Gasteiger partial charge in [-0.1, -0.05) is 30.3 Å². The topological polar surface area (TPSA) is 55.8 Å². The van der Waals surface area contributed by atoms with Gasteiger partial charge in [0.2, 0.25) is 5.91 Å². The first-order valence-electron chi connectivity index (χ1n) is 6.68. The van der Waals surface area contributed by atoms with Crippen molar-refractivity contribution in [3.05, 3.63) is 35.9 Å². The van der Waals surface area contributed by atoms with Crippen LogP contribution in [0.3, 0.4) is 0 Å². The number of ether oxygens (including phenoxy) is 2. The van der Waals surface area contributed by atoms with E-state index in [9.17, 15) is 9.59 Å². The van der Waals surface area contributed by atoms with Gasteiger partial charge in [0.15, 0.2) is 0 Å². The second-order valence-corrected chi connectivity index (χ2v) is 4.80. The molecule has 1 saturated heterocycles. The van der Waals surface area contributed by atoms with Crippen molar-refractivity contribution in [2.24, 2.45) is 5.92 Å². The third-order valence-electron chi connectivity index (χ3n) is 3.37. The maximum Gasteiger partial charge on any atom is 0.310 e. The molecule has 108 valence electrons. The molecular formula is C15H19NO4. The summed E-state index contributed by atoms with van der Waals surface area (Å²) in [6, 6.07) is 9.87. The monoisotopic (exact) mass is 277 g/mol. The van der Waals surface area contributed by atoms with E-state index >= 15 is 0 Å². The van der Waals surface area contributed by atoms with Gasteiger partial charge < -0.3 is 14.4 Å². The van der Waals surface area contributed by atoms with Crippen molar-refractivity contribution in [2.75, 3.05) is 26.8 Å². The highest BCUT2D eigenvalue weighted by Gasteiger charge is 2.34. The fourth-order valence-corrected chi connectivity index (χ4v) is 2.25. The molecule has 0 saturated carbocycles. The van der Waals surface area contributed by atoms with Gasteiger partial charge in [-0.3, -0.25) is 9.59 Å². The lowest BCUT2D eigenvalue weighted by molar-refractivity contribution is -0.145. The molecule has 1 amide bonds. The van der Waals surface area contributed by atoms with E-state index in [1.54, 1.807) is 4.90 Å². The molecule has 0 radical (unpaired) electrons. The summed E-state index contributed by atoms with van der Waals surface area (Å²) in [5.41, 5.74) is 1.10. The maximum atomic E-state index is 11.7. The zero-order chi connectivity index (χ0) is 14.4. The van der Waals surface area contributed by atoms with Gasteiger partial charge >= 0.3 is 5.97 Å². The van der Waals surface area contributed by atoms with Crippen molar-refractivity contribution in [2.45, 2.75) is 13.0 Å². The van der Waals surface area contributed by atoms with Gasteiger partial charge in [0.1, 0.15) is 0 Å². The van der Waals surface area contributed by atoms with Crippen molar-refractivity contribution < 1.29 is 19.1 Å². The zero-order valence-electron chi connectivity index (χ0n) is 11.6. The first-order valence-corrected chi connectivity index (χ1v) is 6.68. The number of rotatable bonds is 6. The lowest BCUT2D eigenvalue weighted by Crippen LogP contribution is -2.30. The highest BCUT2D eigenvalue weighted by atomic mass is 16.5. The van der Waals surface area contributed by atoms with Crippen LogP contribution in [-0.4, -0.2) is 43.6 Å². The average molecular weight is 277 g/mol. The Morgan fingerprint density at radius 3 is 2.80 bits per heavy atom. The number of carbonyl (C=O) groups excluding carboxylic acids is 2. The van der Waals surface area contributed by atoms with Gasteiger partial charge in [0, 0.05) is 19.5 Å². The molecule has 1 unspecified atom stereocenters. The van der Waals surface area contributed by atoms with Crippen molar-refractivity contribution in [1.82, 2.24) is 4.90 Å². The van der Waals surface area contributed by atoms with Crippen LogP contribution in [0.15, 0.2) is 30.3 Å². The SMILES string of the molecule is COC(=O)C1CC(=O)N(CCOCc2ccccc2)C1. The lowest BCUT2D eigenvalue weighted by atomic mass is 10.1. The van der Waals surface area contributed by atoms with Crippen LogP contribution >= 0.6 is 0 Å². The van der Waals surface area contributed by atoms with E-state index < -0.39 is 0 Å². The van der Waals surface area contributed by atoms with Crippen molar-refractivity contribution in [1.29, 1.82) is 0 Å². The number of nitrogens with zero attached hydrogens (tertiary/aromatic N) is 1. The average Bonchev–Trinajstić information content (AvgIpc) is 2.85. The van der Waals surface area contributed by atoms with Gasteiger partial charge in [-0.15, -0.1) is 0 Å². The number of amides is 1. The van der Waals surface area contributed by atoms with E-state index in [4.69, 9.17) is 4.74 Å². The number of methoxy groups -OCH3 is 1. The summed E-state index contributed by atoms with van der Waals surface area (Å²) in [6.07, 6.45) is 0.241. The minimum atomic E-state index is -0.332. The number of hydrogen-bond donors (Lipinski definition) is 0. The molecule has 0 spiro atoms. The molecule has 1 heterocycles. The summed E-state index contributed by atoms with van der Waals surface area (Å²) in [6.45, 7) is 1.94. The van der Waals surface area contributed by atoms with Crippen molar-refractivity contribution in [3.63, 3.8) is 0 Å². The Morgan fingerprint density at radius 1 is 1.35 bits per heavy atom. The van der Waals surface area contributed by atoms with Crippen LogP contribution in [0.4, 0.5) is 0 Å². The number of hydrogen-bond acceptors (Lipinski definition) is 4. The van der Waals surface area contributed by atoms with Crippen LogP contribution in [-0.2, 0) is 25.7 Å². The van der Waals surface area contributed by atoms with Crippen LogP contribution in [0.5, 0.6) is 0 Å². The predicted octanol–water partition coefficient (Wildman–Crippen LogP) is 1.22. The molecule has 0 bridgehead atoms. The minimum Gasteiger partial charge on any atom is -0.469 e. The van der Waals surface area contributed by atoms with Crippen molar-refractivity contribution >= 4 is 11.9 Å². The van der Waals surface area contributed by atoms with Gasteiger partial charge in [-0.25, -0.2) is 0 Å². The molecule has 20 heavy (non-hydrogen) atoms. The highest BCUT2D eigenvalue weighted by Crippen LogP contribution is 2.18. The molecule has 2 rings (SSSR count). The molecule has 0 aromatic heterocycles. The number of esters is 1. The van der Waals surface area contributed by atoms with Gasteiger partial charge in [0.25, 0.3) is 0 Å². The first kappa shape index (κ1) is 14.5.